The first-order valence-electron chi connectivity index (χ1n) is 16.7. The molecule has 3 atom stereocenters. The van der Waals surface area contributed by atoms with E-state index in [9.17, 15) is 15.2 Å². The monoisotopic (exact) mass is 611 g/mol. The lowest BCUT2D eigenvalue weighted by Gasteiger charge is -2.33. The molecule has 3 rings (SSSR count). The highest BCUT2D eigenvalue weighted by molar-refractivity contribution is 5.81. The number of esters is 1. The lowest BCUT2D eigenvalue weighted by Crippen LogP contribution is -2.44. The van der Waals surface area contributed by atoms with Gasteiger partial charge in [0.1, 0.15) is 12.6 Å². The number of anilines is 1. The number of unbranched alkanes of at least 4 members (excludes halogenated alkanes) is 5. The van der Waals surface area contributed by atoms with Gasteiger partial charge in [-0.15, -0.1) is 0 Å². The van der Waals surface area contributed by atoms with Gasteiger partial charge in [-0.3, -0.25) is 5.32 Å². The summed E-state index contributed by atoms with van der Waals surface area (Å²) >= 11 is 0. The van der Waals surface area contributed by atoms with E-state index in [0.29, 0.717) is 12.8 Å². The van der Waals surface area contributed by atoms with E-state index in [1.165, 1.54) is 43.2 Å². The van der Waals surface area contributed by atoms with Crippen LogP contribution in [-0.4, -0.2) is 36.8 Å². The number of nitrogens with zero attached hydrogens (tertiary/aromatic N) is 2. The number of nitriles is 1. The number of nitrogens with one attached hydrogen (secondary N) is 1. The van der Waals surface area contributed by atoms with Crippen molar-refractivity contribution in [1.29, 1.82) is 5.26 Å². The third-order valence-electron chi connectivity index (χ3n) is 8.57. The average molecular weight is 612 g/mol. The van der Waals surface area contributed by atoms with Gasteiger partial charge >= 0.3 is 5.97 Å². The van der Waals surface area contributed by atoms with Crippen LogP contribution in [0.15, 0.2) is 78.9 Å². The third-order valence-corrected chi connectivity index (χ3v) is 8.57. The molecular weight excluding hydrogens is 558 g/mol. The van der Waals surface area contributed by atoms with Crippen LogP contribution in [-0.2, 0) is 29.0 Å². The second kappa shape index (κ2) is 19.7. The van der Waals surface area contributed by atoms with E-state index in [1.807, 2.05) is 67.7 Å². The molecule has 0 aliphatic carbocycles. The Morgan fingerprint density at radius 3 is 2.22 bits per heavy atom. The van der Waals surface area contributed by atoms with Crippen LogP contribution in [0.4, 0.5) is 5.69 Å². The predicted octanol–water partition coefficient (Wildman–Crippen LogP) is 7.94. The van der Waals surface area contributed by atoms with Gasteiger partial charge in [-0.1, -0.05) is 126 Å². The minimum Gasteiger partial charge on any atom is -0.459 e. The van der Waals surface area contributed by atoms with Crippen molar-refractivity contribution in [3.8, 4) is 6.07 Å². The Balaban J connectivity index is 1.83. The van der Waals surface area contributed by atoms with Crippen molar-refractivity contribution in [2.75, 3.05) is 18.6 Å². The first-order valence-corrected chi connectivity index (χ1v) is 16.7. The Morgan fingerprint density at radius 2 is 1.58 bits per heavy atom. The molecule has 0 heterocycles. The molecule has 0 fully saturated rings. The first kappa shape index (κ1) is 35.8. The van der Waals surface area contributed by atoms with Crippen molar-refractivity contribution in [3.63, 3.8) is 0 Å². The van der Waals surface area contributed by atoms with Gasteiger partial charge in [0.15, 0.2) is 0 Å². The van der Waals surface area contributed by atoms with Crippen LogP contribution in [0, 0.1) is 17.2 Å². The Bertz CT molecular complexity index is 1310. The maximum atomic E-state index is 13.5. The number of carbonyl (C=O) groups excluding carboxylic acids is 1. The van der Waals surface area contributed by atoms with E-state index in [-0.39, 0.29) is 31.1 Å². The fourth-order valence-corrected chi connectivity index (χ4v) is 6.07. The quantitative estimate of drug-likeness (QED) is 0.0997. The Labute approximate surface area is 271 Å². The molecule has 45 heavy (non-hydrogen) atoms. The molecule has 0 bridgehead atoms. The second-order valence-corrected chi connectivity index (χ2v) is 12.4. The maximum Gasteiger partial charge on any atom is 0.329 e. The maximum absolute atomic E-state index is 13.5. The Morgan fingerprint density at radius 1 is 0.911 bits per heavy atom. The summed E-state index contributed by atoms with van der Waals surface area (Å²) in [6, 6.07) is 27.1. The first-order chi connectivity index (χ1) is 21.9. The molecule has 242 valence electrons. The van der Waals surface area contributed by atoms with Crippen LogP contribution in [0.5, 0.6) is 0 Å². The molecule has 3 aromatic rings. The van der Waals surface area contributed by atoms with Gasteiger partial charge < -0.3 is 14.7 Å². The molecule has 0 spiro atoms. The normalized spacial score (nSPS) is 13.2. The van der Waals surface area contributed by atoms with Gasteiger partial charge in [0.2, 0.25) is 0 Å². The molecule has 0 unspecified atom stereocenters. The van der Waals surface area contributed by atoms with Gasteiger partial charge in [0.05, 0.1) is 24.8 Å². The largest absolute Gasteiger partial charge is 0.459 e. The molecular formula is C39H53N3O3. The lowest BCUT2D eigenvalue weighted by atomic mass is 9.92. The third kappa shape index (κ3) is 11.3. The van der Waals surface area contributed by atoms with Crippen molar-refractivity contribution >= 4 is 11.7 Å². The standard InChI is InChI=1S/C39H53N3O3/c1-5-6-7-8-9-14-20-32-23-17-24-37(42(4)38(30(2)3)39(44)45-29-31-18-12-10-13-19-31)35(32)26-25-34(27-40)41-36(28-43)33-21-15-11-16-22-33/h10-13,15-19,21-24,30,34,36,38,41,43H,5-9,14,20,25-26,28-29H2,1-4H3/t34-,36-,38-/m0/s1. The summed E-state index contributed by atoms with van der Waals surface area (Å²) in [7, 11) is 1.99. The van der Waals surface area contributed by atoms with Gasteiger partial charge in [0, 0.05) is 12.7 Å². The van der Waals surface area contributed by atoms with Gasteiger partial charge in [-0.05, 0) is 59.9 Å². The number of hydrogen-bond acceptors (Lipinski definition) is 6. The van der Waals surface area contributed by atoms with Gasteiger partial charge in [-0.25, -0.2) is 4.79 Å². The number of hydrogen-bond donors (Lipinski definition) is 2. The highest BCUT2D eigenvalue weighted by Crippen LogP contribution is 2.30. The summed E-state index contributed by atoms with van der Waals surface area (Å²) in [4.78, 5) is 15.6. The molecule has 6 nitrogen and oxygen atoms in total. The molecule has 0 amide bonds. The molecule has 0 saturated heterocycles. The fourth-order valence-electron chi connectivity index (χ4n) is 6.07. The molecule has 6 heteroatoms. The molecule has 0 aliphatic rings. The number of likely N-dealkylation sites (N-methyl/N-ethyl adjacent to an activating group) is 1. The van der Waals surface area contributed by atoms with Crippen LogP contribution in [0.2, 0.25) is 0 Å². The molecule has 0 radical (unpaired) electrons. The summed E-state index contributed by atoms with van der Waals surface area (Å²) < 4.78 is 5.83. The lowest BCUT2D eigenvalue weighted by molar-refractivity contribution is -0.147. The topological polar surface area (TPSA) is 85.6 Å². The van der Waals surface area contributed by atoms with Crippen molar-refractivity contribution < 1.29 is 14.6 Å². The molecule has 0 aliphatic heterocycles. The molecule has 0 saturated carbocycles. The van der Waals surface area contributed by atoms with E-state index in [4.69, 9.17) is 4.74 Å². The zero-order valence-corrected chi connectivity index (χ0v) is 27.8. The zero-order chi connectivity index (χ0) is 32.4. The summed E-state index contributed by atoms with van der Waals surface area (Å²) in [6.45, 7) is 6.50. The van der Waals surface area contributed by atoms with E-state index < -0.39 is 12.1 Å². The van der Waals surface area contributed by atoms with Crippen LogP contribution in [0.25, 0.3) is 0 Å². The minimum atomic E-state index is -0.460. The molecule has 3 aromatic carbocycles. The van der Waals surface area contributed by atoms with Crippen molar-refractivity contribution in [3.05, 3.63) is 101 Å². The summed E-state index contributed by atoms with van der Waals surface area (Å²) in [6.07, 6.45) is 9.55. The van der Waals surface area contributed by atoms with Crippen LogP contribution < -0.4 is 10.2 Å². The number of rotatable bonds is 20. The average Bonchev–Trinajstić information content (AvgIpc) is 3.06. The predicted molar refractivity (Wildman–Crippen MR) is 184 cm³/mol. The number of benzene rings is 3. The van der Waals surface area contributed by atoms with Crippen LogP contribution in [0.3, 0.4) is 0 Å². The van der Waals surface area contributed by atoms with Crippen molar-refractivity contribution in [2.45, 2.75) is 103 Å². The Hall–Kier alpha value is -3.66. The second-order valence-electron chi connectivity index (χ2n) is 12.4. The highest BCUT2D eigenvalue weighted by atomic mass is 16.5. The van der Waals surface area contributed by atoms with Crippen molar-refractivity contribution in [1.82, 2.24) is 5.32 Å². The van der Waals surface area contributed by atoms with Crippen LogP contribution >= 0.6 is 0 Å². The van der Waals surface area contributed by atoms with E-state index in [0.717, 1.165) is 29.7 Å². The van der Waals surface area contributed by atoms with E-state index in [1.54, 1.807) is 0 Å². The molecule has 0 aromatic heterocycles. The molecule has 2 N–H and O–H groups in total. The number of aliphatic hydroxyl groups excluding tert-OH is 1. The summed E-state index contributed by atoms with van der Waals surface area (Å²) in [5.74, 6) is -0.216. The number of aliphatic hydroxyl groups is 1. The van der Waals surface area contributed by atoms with E-state index >= 15 is 0 Å². The minimum absolute atomic E-state index is 0.0260. The smallest absolute Gasteiger partial charge is 0.329 e. The summed E-state index contributed by atoms with van der Waals surface area (Å²) in [5, 5.41) is 23.6. The zero-order valence-electron chi connectivity index (χ0n) is 27.8. The number of ether oxygens (including phenoxy) is 1. The highest BCUT2D eigenvalue weighted by Gasteiger charge is 2.30. The number of aryl methyl sites for hydroxylation is 1. The fraction of sp³-hybridized carbons (Fsp3) is 0.487. The van der Waals surface area contributed by atoms with Crippen LogP contribution in [0.1, 0.15) is 94.0 Å². The SMILES string of the molecule is CCCCCCCCc1cccc(N(C)[C@H](C(=O)OCc2ccccc2)C(C)C)c1CC[C@@H](C#N)N[C@@H](CO)c1ccccc1. The van der Waals surface area contributed by atoms with E-state index in [2.05, 4.69) is 55.3 Å². The Kier molecular flexibility index (Phi) is 15.7. The van der Waals surface area contributed by atoms with Crippen molar-refractivity contribution in [2.24, 2.45) is 5.92 Å². The summed E-state index contributed by atoms with van der Waals surface area (Å²) in [5.41, 5.74) is 5.38. The number of carbonyl (C=O) groups is 1. The van der Waals surface area contributed by atoms with Gasteiger partial charge in [0.25, 0.3) is 0 Å². The van der Waals surface area contributed by atoms with Gasteiger partial charge in [-0.2, -0.15) is 5.26 Å².